The quantitative estimate of drug-likeness (QED) is 0.737. The summed E-state index contributed by atoms with van der Waals surface area (Å²) in [6.45, 7) is 4.98. The smallest absolute Gasteiger partial charge is 0.318 e. The second-order valence-corrected chi connectivity index (χ2v) is 5.04. The molecule has 1 rings (SSSR count). The molecule has 1 fully saturated rings. The van der Waals surface area contributed by atoms with Crippen LogP contribution in [-0.4, -0.2) is 41.1 Å². The van der Waals surface area contributed by atoms with E-state index in [2.05, 4.69) is 11.2 Å². The summed E-state index contributed by atoms with van der Waals surface area (Å²) in [7, 11) is 0. The van der Waals surface area contributed by atoms with Crippen LogP contribution >= 0.6 is 0 Å². The maximum Gasteiger partial charge on any atom is 0.318 e. The van der Waals surface area contributed by atoms with Gasteiger partial charge in [0.2, 0.25) is 0 Å². The highest BCUT2D eigenvalue weighted by Gasteiger charge is 2.28. The molecular formula is C13H20N2O3. The van der Waals surface area contributed by atoms with E-state index in [-0.39, 0.29) is 30.3 Å². The number of likely N-dealkylation sites (tertiary alicyclic amines) is 1. The summed E-state index contributed by atoms with van der Waals surface area (Å²) in [6.07, 6.45) is 6.21. The van der Waals surface area contributed by atoms with Gasteiger partial charge in [-0.05, 0) is 18.3 Å². The van der Waals surface area contributed by atoms with E-state index in [4.69, 9.17) is 11.5 Å². The third kappa shape index (κ3) is 3.95. The SMILES string of the molecule is C#CC(NC(=O)N1CCC(CC(=O)O)C1)C(C)C. The predicted molar refractivity (Wildman–Crippen MR) is 67.9 cm³/mol. The molecule has 0 radical (unpaired) electrons. The van der Waals surface area contributed by atoms with Crippen LogP contribution < -0.4 is 5.32 Å². The fourth-order valence-electron chi connectivity index (χ4n) is 2.06. The van der Waals surface area contributed by atoms with Crippen molar-refractivity contribution >= 4 is 12.0 Å². The van der Waals surface area contributed by atoms with Crippen molar-refractivity contribution in [1.29, 1.82) is 0 Å². The summed E-state index contributed by atoms with van der Waals surface area (Å²) in [5.74, 6) is 1.96. The summed E-state index contributed by atoms with van der Waals surface area (Å²) in [6, 6.07) is -0.476. The first-order valence-corrected chi connectivity index (χ1v) is 6.17. The van der Waals surface area contributed by atoms with Crippen molar-refractivity contribution in [3.8, 4) is 12.3 Å². The first kappa shape index (κ1) is 14.4. The molecule has 1 aliphatic heterocycles. The minimum absolute atomic E-state index is 0.0524. The predicted octanol–water partition coefficient (Wildman–Crippen LogP) is 1.15. The van der Waals surface area contributed by atoms with E-state index in [0.29, 0.717) is 13.1 Å². The van der Waals surface area contributed by atoms with Crippen LogP contribution in [0, 0.1) is 24.2 Å². The number of aliphatic carboxylic acids is 1. The van der Waals surface area contributed by atoms with Crippen molar-refractivity contribution in [2.75, 3.05) is 13.1 Å². The zero-order valence-corrected chi connectivity index (χ0v) is 10.8. The minimum atomic E-state index is -0.814. The highest BCUT2D eigenvalue weighted by Crippen LogP contribution is 2.19. The molecule has 1 saturated heterocycles. The fourth-order valence-corrected chi connectivity index (χ4v) is 2.06. The summed E-state index contributed by atoms with van der Waals surface area (Å²) in [4.78, 5) is 24.2. The van der Waals surface area contributed by atoms with Crippen molar-refractivity contribution in [3.05, 3.63) is 0 Å². The maximum absolute atomic E-state index is 11.9. The van der Waals surface area contributed by atoms with Crippen molar-refractivity contribution < 1.29 is 14.7 Å². The van der Waals surface area contributed by atoms with Crippen molar-refractivity contribution in [2.45, 2.75) is 32.7 Å². The van der Waals surface area contributed by atoms with E-state index in [0.717, 1.165) is 6.42 Å². The number of amides is 2. The van der Waals surface area contributed by atoms with E-state index in [1.54, 1.807) is 4.90 Å². The van der Waals surface area contributed by atoms with Gasteiger partial charge in [-0.15, -0.1) is 6.42 Å². The van der Waals surface area contributed by atoms with Crippen LogP contribution in [0.4, 0.5) is 4.79 Å². The standard InChI is InChI=1S/C13H20N2O3/c1-4-11(9(2)3)14-13(18)15-6-5-10(8-15)7-12(16)17/h1,9-11H,5-8H2,2-3H3,(H,14,18)(H,16,17). The molecule has 2 N–H and O–H groups in total. The van der Waals surface area contributed by atoms with Crippen LogP contribution in [0.25, 0.3) is 0 Å². The molecule has 0 aromatic carbocycles. The number of hydrogen-bond donors (Lipinski definition) is 2. The molecule has 0 aromatic heterocycles. The number of terminal acetylenes is 1. The van der Waals surface area contributed by atoms with Gasteiger partial charge < -0.3 is 15.3 Å². The molecule has 1 heterocycles. The Kier molecular flexibility index (Phi) is 5.02. The number of nitrogens with one attached hydrogen (secondary N) is 1. The lowest BCUT2D eigenvalue weighted by molar-refractivity contribution is -0.138. The van der Waals surface area contributed by atoms with Gasteiger partial charge in [0.15, 0.2) is 0 Å². The number of rotatable bonds is 4. The van der Waals surface area contributed by atoms with Gasteiger partial charge >= 0.3 is 12.0 Å². The number of urea groups is 1. The molecule has 1 aliphatic rings. The monoisotopic (exact) mass is 252 g/mol. The Morgan fingerprint density at radius 3 is 2.72 bits per heavy atom. The number of carbonyl (C=O) groups is 2. The van der Waals surface area contributed by atoms with E-state index >= 15 is 0 Å². The Labute approximate surface area is 108 Å². The molecule has 2 amide bonds. The molecule has 100 valence electrons. The highest BCUT2D eigenvalue weighted by atomic mass is 16.4. The maximum atomic E-state index is 11.9. The molecule has 0 saturated carbocycles. The van der Waals surface area contributed by atoms with Crippen LogP contribution in [0.2, 0.25) is 0 Å². The van der Waals surface area contributed by atoms with Gasteiger partial charge in [0.25, 0.3) is 0 Å². The molecule has 18 heavy (non-hydrogen) atoms. The zero-order chi connectivity index (χ0) is 13.7. The average Bonchev–Trinajstić information content (AvgIpc) is 2.72. The van der Waals surface area contributed by atoms with Crippen molar-refractivity contribution in [1.82, 2.24) is 10.2 Å². The van der Waals surface area contributed by atoms with Crippen LogP contribution in [0.1, 0.15) is 26.7 Å². The molecule has 5 heteroatoms. The van der Waals surface area contributed by atoms with Gasteiger partial charge in [-0.1, -0.05) is 19.8 Å². The van der Waals surface area contributed by atoms with E-state index in [1.807, 2.05) is 13.8 Å². The normalized spacial score (nSPS) is 20.6. The second-order valence-electron chi connectivity index (χ2n) is 5.04. The Bertz CT molecular complexity index is 360. The zero-order valence-electron chi connectivity index (χ0n) is 10.8. The van der Waals surface area contributed by atoms with E-state index in [9.17, 15) is 9.59 Å². The number of carboxylic acid groups (broad SMARTS) is 1. The van der Waals surface area contributed by atoms with Crippen molar-refractivity contribution in [2.24, 2.45) is 11.8 Å². The first-order chi connectivity index (χ1) is 8.43. The number of nitrogens with zero attached hydrogens (tertiary/aromatic N) is 1. The molecule has 0 aromatic rings. The molecule has 2 atom stereocenters. The number of hydrogen-bond acceptors (Lipinski definition) is 2. The Hall–Kier alpha value is -1.70. The van der Waals surface area contributed by atoms with Crippen LogP contribution in [0.5, 0.6) is 0 Å². The minimum Gasteiger partial charge on any atom is -0.481 e. The summed E-state index contributed by atoms with van der Waals surface area (Å²) < 4.78 is 0. The summed E-state index contributed by atoms with van der Waals surface area (Å²) in [5.41, 5.74) is 0. The van der Waals surface area contributed by atoms with Gasteiger partial charge in [-0.3, -0.25) is 4.79 Å². The van der Waals surface area contributed by atoms with E-state index < -0.39 is 5.97 Å². The summed E-state index contributed by atoms with van der Waals surface area (Å²) in [5, 5.41) is 11.5. The molecule has 0 bridgehead atoms. The lowest BCUT2D eigenvalue weighted by atomic mass is 10.1. The Morgan fingerprint density at radius 2 is 2.22 bits per heavy atom. The number of carbonyl (C=O) groups excluding carboxylic acids is 1. The first-order valence-electron chi connectivity index (χ1n) is 6.17. The Balaban J connectivity index is 2.45. The lowest BCUT2D eigenvalue weighted by Gasteiger charge is -2.22. The average molecular weight is 252 g/mol. The molecule has 5 nitrogen and oxygen atoms in total. The molecule has 0 spiro atoms. The van der Waals surface area contributed by atoms with Gasteiger partial charge in [0.1, 0.15) is 0 Å². The summed E-state index contributed by atoms with van der Waals surface area (Å²) >= 11 is 0. The molecular weight excluding hydrogens is 232 g/mol. The molecule has 2 unspecified atom stereocenters. The fraction of sp³-hybridized carbons (Fsp3) is 0.692. The van der Waals surface area contributed by atoms with Gasteiger partial charge in [-0.2, -0.15) is 0 Å². The third-order valence-electron chi connectivity index (χ3n) is 3.16. The highest BCUT2D eigenvalue weighted by molar-refractivity contribution is 5.75. The largest absolute Gasteiger partial charge is 0.481 e. The second kappa shape index (κ2) is 6.29. The van der Waals surface area contributed by atoms with Gasteiger partial charge in [0.05, 0.1) is 6.04 Å². The Morgan fingerprint density at radius 1 is 1.56 bits per heavy atom. The topological polar surface area (TPSA) is 69.6 Å². The van der Waals surface area contributed by atoms with Gasteiger partial charge in [0, 0.05) is 19.5 Å². The van der Waals surface area contributed by atoms with Crippen molar-refractivity contribution in [3.63, 3.8) is 0 Å². The van der Waals surface area contributed by atoms with Gasteiger partial charge in [-0.25, -0.2) is 4.79 Å². The number of carboxylic acids is 1. The lowest BCUT2D eigenvalue weighted by Crippen LogP contribution is -2.45. The third-order valence-corrected chi connectivity index (χ3v) is 3.16. The molecule has 0 aliphatic carbocycles. The van der Waals surface area contributed by atoms with E-state index in [1.165, 1.54) is 0 Å². The van der Waals surface area contributed by atoms with Crippen LogP contribution in [0.3, 0.4) is 0 Å². The van der Waals surface area contributed by atoms with Crippen LogP contribution in [-0.2, 0) is 4.79 Å². The van der Waals surface area contributed by atoms with Crippen LogP contribution in [0.15, 0.2) is 0 Å².